The Labute approximate surface area is 136 Å². The Hall–Kier alpha value is -2.77. The van der Waals surface area contributed by atoms with Crippen LogP contribution in [0.5, 0.6) is 0 Å². The Morgan fingerprint density at radius 2 is 2.04 bits per heavy atom. The number of carbonyl (C=O) groups is 2. The number of aryl methyl sites for hydroxylation is 2. The molecule has 0 radical (unpaired) electrons. The number of halogens is 2. The van der Waals surface area contributed by atoms with Gasteiger partial charge in [0.15, 0.2) is 6.61 Å². The largest absolute Gasteiger partial charge is 0.452 e. The van der Waals surface area contributed by atoms with Crippen LogP contribution < -0.4 is 5.32 Å². The fourth-order valence-corrected chi connectivity index (χ4v) is 2.19. The summed E-state index contributed by atoms with van der Waals surface area (Å²) in [6.07, 6.45) is 0. The van der Waals surface area contributed by atoms with Gasteiger partial charge in [-0.05, 0) is 26.8 Å². The van der Waals surface area contributed by atoms with E-state index in [1.807, 2.05) is 0 Å². The van der Waals surface area contributed by atoms with Crippen LogP contribution >= 0.6 is 0 Å². The zero-order valence-corrected chi connectivity index (χ0v) is 13.4. The molecule has 2 rings (SSSR count). The van der Waals surface area contributed by atoms with Gasteiger partial charge in [0.1, 0.15) is 23.0 Å². The smallest absolute Gasteiger partial charge is 0.344 e. The quantitative estimate of drug-likeness (QED) is 0.848. The van der Waals surface area contributed by atoms with Crippen LogP contribution in [0.2, 0.25) is 0 Å². The highest BCUT2D eigenvalue weighted by atomic mass is 19.1. The van der Waals surface area contributed by atoms with Gasteiger partial charge in [-0.2, -0.15) is 0 Å². The molecule has 0 unspecified atom stereocenters. The molecule has 0 saturated heterocycles. The fourth-order valence-electron chi connectivity index (χ4n) is 2.19. The number of rotatable bonds is 5. The van der Waals surface area contributed by atoms with Gasteiger partial charge >= 0.3 is 5.97 Å². The third-order valence-electron chi connectivity index (χ3n) is 3.38. The number of benzene rings is 1. The SMILES string of the molecule is Cc1noc(C)c1C(=O)OCC(=O)N[C@H](C)c1ccc(F)cc1F. The maximum atomic E-state index is 13.6. The van der Waals surface area contributed by atoms with Gasteiger partial charge in [-0.25, -0.2) is 13.6 Å². The minimum Gasteiger partial charge on any atom is -0.452 e. The van der Waals surface area contributed by atoms with E-state index >= 15 is 0 Å². The molecule has 0 aliphatic rings. The van der Waals surface area contributed by atoms with Crippen LogP contribution in [-0.2, 0) is 9.53 Å². The second-order valence-corrected chi connectivity index (χ2v) is 5.23. The van der Waals surface area contributed by atoms with Gasteiger partial charge in [0, 0.05) is 11.6 Å². The molecular weight excluding hydrogens is 322 g/mol. The van der Waals surface area contributed by atoms with Gasteiger partial charge in [-0.1, -0.05) is 11.2 Å². The van der Waals surface area contributed by atoms with Crippen LogP contribution in [0.15, 0.2) is 22.7 Å². The van der Waals surface area contributed by atoms with Crippen molar-refractivity contribution in [3.63, 3.8) is 0 Å². The molecular formula is C16H16F2N2O4. The molecule has 0 aliphatic heterocycles. The Kier molecular flexibility index (Phi) is 5.28. The molecule has 0 aliphatic carbocycles. The van der Waals surface area contributed by atoms with Gasteiger partial charge in [-0.15, -0.1) is 0 Å². The van der Waals surface area contributed by atoms with Crippen molar-refractivity contribution >= 4 is 11.9 Å². The number of amides is 1. The Morgan fingerprint density at radius 1 is 1.33 bits per heavy atom. The van der Waals surface area contributed by atoms with Gasteiger partial charge < -0.3 is 14.6 Å². The van der Waals surface area contributed by atoms with E-state index in [9.17, 15) is 18.4 Å². The first-order chi connectivity index (χ1) is 11.3. The van der Waals surface area contributed by atoms with E-state index in [0.717, 1.165) is 12.1 Å². The van der Waals surface area contributed by atoms with E-state index in [4.69, 9.17) is 9.26 Å². The van der Waals surface area contributed by atoms with Crippen LogP contribution in [0, 0.1) is 25.5 Å². The third kappa shape index (κ3) is 3.95. The summed E-state index contributed by atoms with van der Waals surface area (Å²) in [6.45, 7) is 4.11. The summed E-state index contributed by atoms with van der Waals surface area (Å²) in [7, 11) is 0. The zero-order chi connectivity index (χ0) is 17.9. The lowest BCUT2D eigenvalue weighted by Crippen LogP contribution is -2.31. The summed E-state index contributed by atoms with van der Waals surface area (Å²) in [4.78, 5) is 23.7. The molecule has 0 spiro atoms. The Balaban J connectivity index is 1.92. The average molecular weight is 338 g/mol. The second-order valence-electron chi connectivity index (χ2n) is 5.23. The first-order valence-electron chi connectivity index (χ1n) is 7.14. The predicted octanol–water partition coefficient (Wildman–Crippen LogP) is 2.60. The van der Waals surface area contributed by atoms with Crippen molar-refractivity contribution in [1.82, 2.24) is 10.5 Å². The lowest BCUT2D eigenvalue weighted by molar-refractivity contribution is -0.124. The molecule has 0 fully saturated rings. The van der Waals surface area contributed by atoms with E-state index in [0.29, 0.717) is 11.5 Å². The minimum absolute atomic E-state index is 0.127. The van der Waals surface area contributed by atoms with Gasteiger partial charge in [0.2, 0.25) is 0 Å². The summed E-state index contributed by atoms with van der Waals surface area (Å²) >= 11 is 0. The Morgan fingerprint density at radius 3 is 2.62 bits per heavy atom. The molecule has 1 heterocycles. The zero-order valence-electron chi connectivity index (χ0n) is 13.4. The number of aromatic nitrogens is 1. The van der Waals surface area contributed by atoms with E-state index in [1.165, 1.54) is 13.0 Å². The first kappa shape index (κ1) is 17.6. The van der Waals surface area contributed by atoms with E-state index in [1.54, 1.807) is 13.8 Å². The van der Waals surface area contributed by atoms with Gasteiger partial charge in [-0.3, -0.25) is 4.79 Å². The van der Waals surface area contributed by atoms with Crippen molar-refractivity contribution in [3.8, 4) is 0 Å². The molecule has 1 N–H and O–H groups in total. The van der Waals surface area contributed by atoms with Crippen LogP contribution in [0.3, 0.4) is 0 Å². The van der Waals surface area contributed by atoms with Crippen LogP contribution in [0.4, 0.5) is 8.78 Å². The molecule has 8 heteroatoms. The van der Waals surface area contributed by atoms with E-state index < -0.39 is 36.2 Å². The van der Waals surface area contributed by atoms with Crippen molar-refractivity contribution in [2.45, 2.75) is 26.8 Å². The highest BCUT2D eigenvalue weighted by Crippen LogP contribution is 2.18. The number of nitrogens with one attached hydrogen (secondary N) is 1. The van der Waals surface area contributed by atoms with Crippen molar-refractivity contribution < 1.29 is 27.6 Å². The van der Waals surface area contributed by atoms with Crippen molar-refractivity contribution in [2.75, 3.05) is 6.61 Å². The summed E-state index contributed by atoms with van der Waals surface area (Å²) in [5, 5.41) is 6.09. The van der Waals surface area contributed by atoms with E-state index in [2.05, 4.69) is 10.5 Å². The molecule has 0 saturated carbocycles. The number of carbonyl (C=O) groups excluding carboxylic acids is 2. The van der Waals surface area contributed by atoms with Crippen LogP contribution in [0.1, 0.15) is 40.3 Å². The van der Waals surface area contributed by atoms with Gasteiger partial charge in [0.25, 0.3) is 5.91 Å². The number of hydrogen-bond donors (Lipinski definition) is 1. The molecule has 2 aromatic rings. The van der Waals surface area contributed by atoms with Crippen molar-refractivity contribution in [3.05, 3.63) is 52.4 Å². The van der Waals surface area contributed by atoms with Crippen molar-refractivity contribution in [2.24, 2.45) is 0 Å². The predicted molar refractivity (Wildman–Crippen MR) is 79.2 cm³/mol. The molecule has 6 nitrogen and oxygen atoms in total. The monoisotopic (exact) mass is 338 g/mol. The van der Waals surface area contributed by atoms with Crippen LogP contribution in [0.25, 0.3) is 0 Å². The van der Waals surface area contributed by atoms with Crippen molar-refractivity contribution in [1.29, 1.82) is 0 Å². The second kappa shape index (κ2) is 7.20. The van der Waals surface area contributed by atoms with Gasteiger partial charge in [0.05, 0.1) is 11.7 Å². The van der Waals surface area contributed by atoms with E-state index in [-0.39, 0.29) is 11.1 Å². The standard InChI is InChI=1S/C16H16F2N2O4/c1-8(12-5-4-11(17)6-13(12)18)19-14(21)7-23-16(22)15-9(2)20-24-10(15)3/h4-6,8H,7H2,1-3H3,(H,19,21)/t8-/m1/s1. The lowest BCUT2D eigenvalue weighted by Gasteiger charge is -2.15. The highest BCUT2D eigenvalue weighted by molar-refractivity contribution is 5.93. The number of nitrogens with zero attached hydrogens (tertiary/aromatic N) is 1. The lowest BCUT2D eigenvalue weighted by atomic mass is 10.1. The number of hydrogen-bond acceptors (Lipinski definition) is 5. The molecule has 1 aromatic carbocycles. The molecule has 0 bridgehead atoms. The summed E-state index contributed by atoms with van der Waals surface area (Å²) in [6, 6.07) is 2.36. The molecule has 128 valence electrons. The molecule has 24 heavy (non-hydrogen) atoms. The first-order valence-corrected chi connectivity index (χ1v) is 7.14. The maximum Gasteiger partial charge on any atom is 0.344 e. The molecule has 1 amide bonds. The van der Waals surface area contributed by atoms with Crippen LogP contribution in [-0.4, -0.2) is 23.6 Å². The molecule has 1 atom stereocenters. The third-order valence-corrected chi connectivity index (χ3v) is 3.38. The summed E-state index contributed by atoms with van der Waals surface area (Å²) in [5.74, 6) is -2.54. The minimum atomic E-state index is -0.768. The maximum absolute atomic E-state index is 13.6. The number of ether oxygens (including phenoxy) is 1. The topological polar surface area (TPSA) is 81.4 Å². The molecule has 1 aromatic heterocycles. The average Bonchev–Trinajstić information content (AvgIpc) is 2.83. The summed E-state index contributed by atoms with van der Waals surface area (Å²) < 4.78 is 36.3. The normalized spacial score (nSPS) is 11.9. The fraction of sp³-hybridized carbons (Fsp3) is 0.312. The summed E-state index contributed by atoms with van der Waals surface area (Å²) in [5.41, 5.74) is 0.655. The number of esters is 1. The highest BCUT2D eigenvalue weighted by Gasteiger charge is 2.21. The Bertz CT molecular complexity index is 754.